The van der Waals surface area contributed by atoms with Crippen molar-refractivity contribution in [1.82, 2.24) is 0 Å². The number of aliphatic hydroxyl groups is 4. The van der Waals surface area contributed by atoms with Gasteiger partial charge in [0, 0.05) is 34.6 Å². The molecule has 1 aliphatic rings. The van der Waals surface area contributed by atoms with E-state index in [1.807, 2.05) is 0 Å². The monoisotopic (exact) mass is 462 g/mol. The van der Waals surface area contributed by atoms with Gasteiger partial charge in [-0.2, -0.15) is 0 Å². The van der Waals surface area contributed by atoms with Gasteiger partial charge in [-0.1, -0.05) is 0 Å². The predicted octanol–water partition coefficient (Wildman–Crippen LogP) is -2.29. The number of rotatable bonds is 2. The molecule has 1 saturated heterocycles. The summed E-state index contributed by atoms with van der Waals surface area (Å²) < 4.78 is 9.45. The zero-order valence-corrected chi connectivity index (χ0v) is 17.5. The lowest BCUT2D eigenvalue weighted by atomic mass is 9.99. The van der Waals surface area contributed by atoms with Gasteiger partial charge < -0.3 is 50.3 Å². The minimum atomic E-state index is -1.54. The third kappa shape index (κ3) is 32.0. The highest BCUT2D eigenvalue weighted by Gasteiger charge is 2.44. The molecule has 1 aliphatic heterocycles. The molecule has 31 heavy (non-hydrogen) atoms. The second kappa shape index (κ2) is 20.4. The number of carboxylic acids is 4. The number of aliphatic carboxylic acids is 4. The van der Waals surface area contributed by atoms with Crippen LogP contribution in [0.4, 0.5) is 0 Å². The highest BCUT2D eigenvalue weighted by atomic mass is 16.7. The standard InChI is InChI=1S/C8H14O7.4C2H4O2/c1-3(10)14-8-7(13)6(12)5(11)4(2-9)15-8;4*1-2(3)4/h4-9,11-13H,2H2,1H3;4*1H3,(H,3,4)/t4-,5+,6+,7-,8?;;;;/m1..../s1. The van der Waals surface area contributed by atoms with Gasteiger partial charge in [-0.25, -0.2) is 0 Å². The average molecular weight is 462 g/mol. The number of esters is 1. The second-order valence-corrected chi connectivity index (χ2v) is 5.38. The van der Waals surface area contributed by atoms with Gasteiger partial charge in [0.25, 0.3) is 23.9 Å². The van der Waals surface area contributed by atoms with Crippen LogP contribution in [0.15, 0.2) is 0 Å². The molecule has 0 aliphatic carbocycles. The first-order chi connectivity index (χ1) is 13.9. The van der Waals surface area contributed by atoms with Gasteiger partial charge >= 0.3 is 5.97 Å². The van der Waals surface area contributed by atoms with Crippen LogP contribution in [0, 0.1) is 0 Å². The molecule has 1 unspecified atom stereocenters. The number of carboxylic acid groups (broad SMARTS) is 4. The summed E-state index contributed by atoms with van der Waals surface area (Å²) in [4.78, 5) is 46.6. The second-order valence-electron chi connectivity index (χ2n) is 5.38. The van der Waals surface area contributed by atoms with Crippen LogP contribution in [0.2, 0.25) is 0 Å². The largest absolute Gasteiger partial charge is 0.481 e. The van der Waals surface area contributed by atoms with Crippen molar-refractivity contribution in [2.24, 2.45) is 0 Å². The van der Waals surface area contributed by atoms with Crippen molar-refractivity contribution in [2.75, 3.05) is 6.61 Å². The Hall–Kier alpha value is -2.85. The molecule has 15 heteroatoms. The first kappa shape index (κ1) is 35.6. The molecule has 8 N–H and O–H groups in total. The molecule has 1 heterocycles. The minimum absolute atomic E-state index is 0.553. The Morgan fingerprint density at radius 1 is 0.677 bits per heavy atom. The van der Waals surface area contributed by atoms with Crippen LogP contribution >= 0.6 is 0 Å². The van der Waals surface area contributed by atoms with Gasteiger partial charge in [-0.3, -0.25) is 24.0 Å². The molecule has 0 saturated carbocycles. The lowest BCUT2D eigenvalue weighted by molar-refractivity contribution is -0.292. The Kier molecular flexibility index (Phi) is 23.4. The van der Waals surface area contributed by atoms with E-state index in [4.69, 9.17) is 49.4 Å². The van der Waals surface area contributed by atoms with Crippen molar-refractivity contribution in [2.45, 2.75) is 65.3 Å². The zero-order valence-electron chi connectivity index (χ0n) is 17.5. The van der Waals surface area contributed by atoms with E-state index in [-0.39, 0.29) is 0 Å². The molecule has 184 valence electrons. The molecule has 5 atom stereocenters. The maximum Gasteiger partial charge on any atom is 0.305 e. The van der Waals surface area contributed by atoms with Gasteiger partial charge in [0.15, 0.2) is 0 Å². The first-order valence-electron chi connectivity index (χ1n) is 8.16. The molecule has 0 amide bonds. The number of aliphatic hydroxyl groups excluding tert-OH is 4. The van der Waals surface area contributed by atoms with E-state index >= 15 is 0 Å². The summed E-state index contributed by atoms with van der Waals surface area (Å²) >= 11 is 0. The van der Waals surface area contributed by atoms with Crippen molar-refractivity contribution in [3.05, 3.63) is 0 Å². The molecule has 0 bridgehead atoms. The summed E-state index contributed by atoms with van der Waals surface area (Å²) in [6.07, 6.45) is -6.95. The summed E-state index contributed by atoms with van der Waals surface area (Å²) in [7, 11) is 0. The summed E-state index contributed by atoms with van der Waals surface area (Å²) in [5.41, 5.74) is 0. The molecule has 0 aromatic rings. The molecule has 1 rings (SSSR count). The van der Waals surface area contributed by atoms with Gasteiger partial charge in [0.05, 0.1) is 6.61 Å². The van der Waals surface area contributed by atoms with Crippen molar-refractivity contribution in [1.29, 1.82) is 0 Å². The maximum absolute atomic E-state index is 10.6. The SMILES string of the molecule is CC(=O)O.CC(=O)O.CC(=O)O.CC(=O)O.CC(=O)OC1O[C@H](CO)[C@H](O)[C@H](O)[C@H]1O. The van der Waals surface area contributed by atoms with E-state index in [9.17, 15) is 20.1 Å². The number of hydrogen-bond donors (Lipinski definition) is 8. The van der Waals surface area contributed by atoms with Gasteiger partial charge in [0.1, 0.15) is 24.4 Å². The fourth-order valence-corrected chi connectivity index (χ4v) is 1.33. The van der Waals surface area contributed by atoms with E-state index in [1.54, 1.807) is 0 Å². The number of hydrogen-bond acceptors (Lipinski definition) is 11. The maximum atomic E-state index is 10.6. The quantitative estimate of drug-likeness (QED) is 0.201. The lowest BCUT2D eigenvalue weighted by Crippen LogP contribution is -2.59. The predicted molar refractivity (Wildman–Crippen MR) is 98.8 cm³/mol. The van der Waals surface area contributed by atoms with Crippen LogP contribution < -0.4 is 0 Å². The van der Waals surface area contributed by atoms with Crippen LogP contribution in [0.5, 0.6) is 0 Å². The van der Waals surface area contributed by atoms with Crippen LogP contribution in [0.3, 0.4) is 0 Å². The fourth-order valence-electron chi connectivity index (χ4n) is 1.33. The number of carbonyl (C=O) groups excluding carboxylic acids is 1. The minimum Gasteiger partial charge on any atom is -0.481 e. The Bertz CT molecular complexity index is 481. The first-order valence-corrected chi connectivity index (χ1v) is 8.16. The number of carbonyl (C=O) groups is 5. The van der Waals surface area contributed by atoms with E-state index < -0.39 is 67.2 Å². The van der Waals surface area contributed by atoms with Gasteiger partial charge in [-0.15, -0.1) is 0 Å². The van der Waals surface area contributed by atoms with Crippen molar-refractivity contribution in [3.8, 4) is 0 Å². The van der Waals surface area contributed by atoms with Crippen molar-refractivity contribution in [3.63, 3.8) is 0 Å². The van der Waals surface area contributed by atoms with Crippen molar-refractivity contribution >= 4 is 29.8 Å². The lowest BCUT2D eigenvalue weighted by Gasteiger charge is -2.38. The van der Waals surface area contributed by atoms with E-state index in [1.165, 1.54) is 0 Å². The van der Waals surface area contributed by atoms with E-state index in [0.717, 1.165) is 34.6 Å². The average Bonchev–Trinajstić information content (AvgIpc) is 2.53. The van der Waals surface area contributed by atoms with Crippen LogP contribution in [-0.2, 0) is 33.4 Å². The van der Waals surface area contributed by atoms with E-state index in [2.05, 4.69) is 4.74 Å². The normalized spacial score (nSPS) is 23.2. The van der Waals surface area contributed by atoms with Crippen LogP contribution in [-0.4, -0.2) is 108 Å². The third-order valence-corrected chi connectivity index (χ3v) is 2.13. The van der Waals surface area contributed by atoms with Crippen LogP contribution in [0.1, 0.15) is 34.6 Å². The Balaban J connectivity index is -0.000000187. The number of ether oxygens (including phenoxy) is 2. The summed E-state index contributed by atoms with van der Waals surface area (Å²) in [5, 5.41) is 66.5. The summed E-state index contributed by atoms with van der Waals surface area (Å²) in [6, 6.07) is 0. The molecule has 15 nitrogen and oxygen atoms in total. The third-order valence-electron chi connectivity index (χ3n) is 2.13. The fraction of sp³-hybridized carbons (Fsp3) is 0.688. The molecule has 0 spiro atoms. The summed E-state index contributed by atoms with van der Waals surface area (Å²) in [5.74, 6) is -4.03. The topological polar surface area (TPSA) is 266 Å². The highest BCUT2D eigenvalue weighted by molar-refractivity contribution is 5.66. The van der Waals surface area contributed by atoms with Gasteiger partial charge in [-0.05, 0) is 0 Å². The Morgan fingerprint density at radius 2 is 0.968 bits per heavy atom. The molecular weight excluding hydrogens is 432 g/mol. The van der Waals surface area contributed by atoms with E-state index in [0.29, 0.717) is 0 Å². The molecular formula is C16H30O15. The smallest absolute Gasteiger partial charge is 0.305 e. The molecule has 0 aromatic heterocycles. The van der Waals surface area contributed by atoms with Gasteiger partial charge in [0.2, 0.25) is 6.29 Å². The van der Waals surface area contributed by atoms with Crippen LogP contribution in [0.25, 0.3) is 0 Å². The Morgan fingerprint density at radius 3 is 1.19 bits per heavy atom. The van der Waals surface area contributed by atoms with Crippen molar-refractivity contribution < 1.29 is 74.3 Å². The summed E-state index contributed by atoms with van der Waals surface area (Å²) in [6.45, 7) is 4.89. The zero-order chi connectivity index (χ0) is 25.9. The Labute approximate surface area is 177 Å². The molecule has 0 radical (unpaired) electrons. The molecule has 0 aromatic carbocycles. The highest BCUT2D eigenvalue weighted by Crippen LogP contribution is 2.21. The molecule has 1 fully saturated rings.